The summed E-state index contributed by atoms with van der Waals surface area (Å²) in [4.78, 5) is 24.8. The van der Waals surface area contributed by atoms with Gasteiger partial charge in [-0.15, -0.1) is 0 Å². The fourth-order valence-corrected chi connectivity index (χ4v) is 2.65. The molecule has 1 aromatic carbocycles. The van der Waals surface area contributed by atoms with Crippen LogP contribution in [0.25, 0.3) is 0 Å². The number of rotatable bonds is 5. The minimum absolute atomic E-state index is 0.0433. The van der Waals surface area contributed by atoms with Gasteiger partial charge in [0.1, 0.15) is 11.6 Å². The zero-order valence-electron chi connectivity index (χ0n) is 12.0. The molecule has 2 N–H and O–H groups in total. The lowest BCUT2D eigenvalue weighted by molar-refractivity contribution is -0.138. The van der Waals surface area contributed by atoms with E-state index < -0.39 is 23.6 Å². The number of carboxylic acid groups (broad SMARTS) is 1. The number of aliphatic carboxylic acids is 1. The highest BCUT2D eigenvalue weighted by Crippen LogP contribution is 2.20. The predicted molar refractivity (Wildman–Crippen MR) is 76.5 cm³/mol. The first kappa shape index (κ1) is 16.4. The van der Waals surface area contributed by atoms with E-state index in [0.717, 1.165) is 31.0 Å². The Balaban J connectivity index is 2.03. The molecule has 5 nitrogen and oxygen atoms in total. The monoisotopic (exact) mass is 312 g/mol. The van der Waals surface area contributed by atoms with Crippen LogP contribution in [-0.4, -0.2) is 41.0 Å². The average Bonchev–Trinajstić information content (AvgIpc) is 2.44. The molecule has 120 valence electrons. The van der Waals surface area contributed by atoms with Gasteiger partial charge in [-0.05, 0) is 31.5 Å². The van der Waals surface area contributed by atoms with E-state index in [2.05, 4.69) is 5.32 Å². The molecule has 1 saturated heterocycles. The number of hydrogen-bond donors (Lipinski definition) is 2. The number of carboxylic acids is 1. The van der Waals surface area contributed by atoms with Gasteiger partial charge in [0.05, 0.1) is 12.5 Å². The lowest BCUT2D eigenvalue weighted by Crippen LogP contribution is -2.47. The van der Waals surface area contributed by atoms with Crippen LogP contribution in [0.2, 0.25) is 0 Å². The van der Waals surface area contributed by atoms with E-state index >= 15 is 0 Å². The maximum atomic E-state index is 13.1. The number of likely N-dealkylation sites (tertiary alicyclic amines) is 1. The fraction of sp³-hybridized carbons (Fsp3) is 0.467. The molecule has 0 spiro atoms. The molecule has 0 aromatic heterocycles. The van der Waals surface area contributed by atoms with Crippen molar-refractivity contribution in [2.75, 3.05) is 18.4 Å². The first-order valence-electron chi connectivity index (χ1n) is 7.18. The Hall–Kier alpha value is -2.02. The zero-order chi connectivity index (χ0) is 16.1. The second-order valence-corrected chi connectivity index (χ2v) is 5.34. The second kappa shape index (κ2) is 7.31. The van der Waals surface area contributed by atoms with E-state index in [0.29, 0.717) is 13.0 Å². The number of anilines is 1. The molecule has 1 aliphatic heterocycles. The number of nitrogens with zero attached hydrogens (tertiary/aromatic N) is 1. The molecular weight excluding hydrogens is 294 g/mol. The molecule has 2 rings (SSSR count). The highest BCUT2D eigenvalue weighted by atomic mass is 19.1. The van der Waals surface area contributed by atoms with E-state index in [1.165, 1.54) is 0 Å². The number of amides is 1. The smallest absolute Gasteiger partial charge is 0.304 e. The van der Waals surface area contributed by atoms with E-state index in [-0.39, 0.29) is 24.6 Å². The van der Waals surface area contributed by atoms with Crippen molar-refractivity contribution >= 4 is 17.6 Å². The lowest BCUT2D eigenvalue weighted by atomic mass is 10.0. The molecule has 1 fully saturated rings. The molecule has 1 amide bonds. The van der Waals surface area contributed by atoms with Gasteiger partial charge in [0.25, 0.3) is 0 Å². The summed E-state index contributed by atoms with van der Waals surface area (Å²) in [5, 5.41) is 11.3. The summed E-state index contributed by atoms with van der Waals surface area (Å²) in [5.74, 6) is -2.81. The summed E-state index contributed by atoms with van der Waals surface area (Å²) in [6.07, 6.45) is 2.32. The topological polar surface area (TPSA) is 69.6 Å². The quantitative estimate of drug-likeness (QED) is 0.875. The Morgan fingerprint density at radius 1 is 1.23 bits per heavy atom. The van der Waals surface area contributed by atoms with Gasteiger partial charge in [0.2, 0.25) is 5.91 Å². The maximum absolute atomic E-state index is 13.1. The minimum atomic E-state index is -0.920. The van der Waals surface area contributed by atoms with Gasteiger partial charge in [-0.1, -0.05) is 6.42 Å². The third-order valence-electron chi connectivity index (χ3n) is 3.66. The van der Waals surface area contributed by atoms with Crippen LogP contribution in [0.15, 0.2) is 18.2 Å². The van der Waals surface area contributed by atoms with E-state index in [9.17, 15) is 18.4 Å². The summed E-state index contributed by atoms with van der Waals surface area (Å²) < 4.78 is 26.3. The van der Waals surface area contributed by atoms with Gasteiger partial charge < -0.3 is 10.4 Å². The Morgan fingerprint density at radius 2 is 1.91 bits per heavy atom. The Morgan fingerprint density at radius 3 is 2.55 bits per heavy atom. The van der Waals surface area contributed by atoms with Crippen LogP contribution in [0.3, 0.4) is 0 Å². The van der Waals surface area contributed by atoms with Gasteiger partial charge in [-0.2, -0.15) is 0 Å². The molecule has 1 atom stereocenters. The summed E-state index contributed by atoms with van der Waals surface area (Å²) in [5.41, 5.74) is 0.0614. The van der Waals surface area contributed by atoms with Crippen molar-refractivity contribution in [3.8, 4) is 0 Å². The van der Waals surface area contributed by atoms with Crippen LogP contribution in [0.1, 0.15) is 25.7 Å². The van der Waals surface area contributed by atoms with E-state index in [4.69, 9.17) is 5.11 Å². The molecule has 7 heteroatoms. The molecule has 1 heterocycles. The van der Waals surface area contributed by atoms with Crippen LogP contribution in [0.4, 0.5) is 14.5 Å². The van der Waals surface area contributed by atoms with Crippen molar-refractivity contribution in [1.29, 1.82) is 0 Å². The molecule has 1 aliphatic rings. The summed E-state index contributed by atoms with van der Waals surface area (Å²) in [7, 11) is 0. The van der Waals surface area contributed by atoms with Crippen molar-refractivity contribution in [2.45, 2.75) is 31.7 Å². The van der Waals surface area contributed by atoms with Crippen molar-refractivity contribution in [3.05, 3.63) is 29.8 Å². The number of piperidine rings is 1. The highest BCUT2D eigenvalue weighted by Gasteiger charge is 2.28. The van der Waals surface area contributed by atoms with Crippen LogP contribution in [0.5, 0.6) is 0 Å². The molecule has 0 bridgehead atoms. The molecule has 0 saturated carbocycles. The third kappa shape index (κ3) is 4.49. The molecule has 0 unspecified atom stereocenters. The number of halogens is 2. The van der Waals surface area contributed by atoms with Crippen LogP contribution >= 0.6 is 0 Å². The number of carbonyl (C=O) groups excluding carboxylic acids is 1. The van der Waals surface area contributed by atoms with Crippen LogP contribution in [0, 0.1) is 11.6 Å². The van der Waals surface area contributed by atoms with Gasteiger partial charge in [0.15, 0.2) is 0 Å². The van der Waals surface area contributed by atoms with E-state index in [1.807, 2.05) is 4.90 Å². The van der Waals surface area contributed by atoms with Crippen LogP contribution in [-0.2, 0) is 9.59 Å². The zero-order valence-corrected chi connectivity index (χ0v) is 12.0. The summed E-state index contributed by atoms with van der Waals surface area (Å²) in [6, 6.07) is 2.35. The van der Waals surface area contributed by atoms with Crippen molar-refractivity contribution in [3.63, 3.8) is 0 Å². The molecule has 1 aromatic rings. The number of nitrogens with one attached hydrogen (secondary N) is 1. The highest BCUT2D eigenvalue weighted by molar-refractivity contribution is 5.94. The number of benzene rings is 1. The SMILES string of the molecule is O=C(O)CCN1CCCC[C@H]1C(=O)Nc1cc(F)cc(F)c1. The summed E-state index contributed by atoms with van der Waals surface area (Å²) in [6.45, 7) is 0.924. The third-order valence-corrected chi connectivity index (χ3v) is 3.66. The normalized spacial score (nSPS) is 18.9. The predicted octanol–water partition coefficient (Wildman–Crippen LogP) is 2.23. The molecule has 0 radical (unpaired) electrons. The number of carbonyl (C=O) groups is 2. The van der Waals surface area contributed by atoms with Gasteiger partial charge >= 0.3 is 5.97 Å². The number of hydrogen-bond acceptors (Lipinski definition) is 3. The van der Waals surface area contributed by atoms with E-state index in [1.54, 1.807) is 0 Å². The Bertz CT molecular complexity index is 545. The van der Waals surface area contributed by atoms with Gasteiger partial charge in [0, 0.05) is 18.3 Å². The van der Waals surface area contributed by atoms with Crippen molar-refractivity contribution in [2.24, 2.45) is 0 Å². The van der Waals surface area contributed by atoms with Crippen molar-refractivity contribution in [1.82, 2.24) is 4.90 Å². The molecule has 0 aliphatic carbocycles. The Kier molecular flexibility index (Phi) is 5.43. The first-order chi connectivity index (χ1) is 10.5. The largest absolute Gasteiger partial charge is 0.481 e. The first-order valence-corrected chi connectivity index (χ1v) is 7.18. The van der Waals surface area contributed by atoms with Crippen LogP contribution < -0.4 is 5.32 Å². The standard InChI is InChI=1S/C15H18F2N2O3/c16-10-7-11(17)9-12(8-10)18-15(22)13-3-1-2-5-19(13)6-4-14(20)21/h7-9,13H,1-6H2,(H,18,22)(H,20,21)/t13-/m0/s1. The molecule has 22 heavy (non-hydrogen) atoms. The fourth-order valence-electron chi connectivity index (χ4n) is 2.65. The Labute approximate surface area is 126 Å². The second-order valence-electron chi connectivity index (χ2n) is 5.34. The van der Waals surface area contributed by atoms with Gasteiger partial charge in [-0.3, -0.25) is 14.5 Å². The van der Waals surface area contributed by atoms with Crippen molar-refractivity contribution < 1.29 is 23.5 Å². The summed E-state index contributed by atoms with van der Waals surface area (Å²) >= 11 is 0. The maximum Gasteiger partial charge on any atom is 0.304 e. The molecular formula is C15H18F2N2O3. The lowest BCUT2D eigenvalue weighted by Gasteiger charge is -2.34. The van der Waals surface area contributed by atoms with Gasteiger partial charge in [-0.25, -0.2) is 8.78 Å². The average molecular weight is 312 g/mol. The minimum Gasteiger partial charge on any atom is -0.481 e.